The maximum Gasteiger partial charge on any atom is 0.339 e. The molecule has 0 radical (unpaired) electrons. The molecule has 0 aliphatic heterocycles. The van der Waals surface area contributed by atoms with E-state index in [1.165, 1.54) is 6.21 Å². The number of anilines is 2. The monoisotopic (exact) mass is 414 g/mol. The van der Waals surface area contributed by atoms with Gasteiger partial charge in [-0.3, -0.25) is 0 Å². The zero-order valence-corrected chi connectivity index (χ0v) is 16.9. The molecule has 156 valence electrons. The average molecular weight is 414 g/mol. The van der Waals surface area contributed by atoms with Crippen molar-refractivity contribution in [1.82, 2.24) is 10.9 Å². The van der Waals surface area contributed by atoms with Crippen LogP contribution in [0.25, 0.3) is 0 Å². The van der Waals surface area contributed by atoms with Crippen LogP contribution < -0.4 is 21.5 Å². The molecule has 0 aliphatic rings. The maximum atomic E-state index is 12.1. The molecule has 0 spiro atoms. The molecule has 8 heteroatoms. The summed E-state index contributed by atoms with van der Waals surface area (Å²) in [5, 5.41) is 13.4. The van der Waals surface area contributed by atoms with Gasteiger partial charge in [-0.15, -0.1) is 0 Å². The Balaban J connectivity index is 1.66. The van der Waals surface area contributed by atoms with Crippen molar-refractivity contribution in [3.63, 3.8) is 0 Å². The molecule has 0 fully saturated rings. The molecule has 3 aromatic carbocycles. The number of nitrogens with one attached hydrogen (secondary N) is 4. The van der Waals surface area contributed by atoms with Gasteiger partial charge in [0.2, 0.25) is 0 Å². The van der Waals surface area contributed by atoms with Crippen LogP contribution >= 0.6 is 0 Å². The first-order valence-electron chi connectivity index (χ1n) is 9.52. The van der Waals surface area contributed by atoms with Crippen molar-refractivity contribution in [3.8, 4) is 0 Å². The number of hydrazone groups is 2. The smallest absolute Gasteiger partial charge is 0.307 e. The second kappa shape index (κ2) is 10.9. The summed E-state index contributed by atoms with van der Waals surface area (Å²) in [5.41, 5.74) is 8.27. The molecule has 3 aromatic rings. The summed E-state index contributed by atoms with van der Waals surface area (Å²) in [7, 11) is 0. The highest BCUT2D eigenvalue weighted by atomic mass is 16.2. The molecule has 0 heterocycles. The quantitative estimate of drug-likeness (QED) is 0.356. The Morgan fingerprint density at radius 3 is 1.77 bits per heavy atom. The molecule has 0 unspecified atom stereocenters. The molecule has 0 saturated heterocycles. The Hall–Kier alpha value is -4.46. The highest BCUT2D eigenvalue weighted by Crippen LogP contribution is 2.06. The van der Waals surface area contributed by atoms with Crippen molar-refractivity contribution >= 4 is 35.4 Å². The Morgan fingerprint density at radius 2 is 1.23 bits per heavy atom. The molecule has 0 saturated carbocycles. The van der Waals surface area contributed by atoms with Crippen LogP contribution in [0.15, 0.2) is 95.1 Å². The van der Waals surface area contributed by atoms with Crippen molar-refractivity contribution in [2.45, 2.75) is 6.92 Å². The second-order valence-electron chi connectivity index (χ2n) is 6.49. The molecular formula is C23H22N6O2. The van der Waals surface area contributed by atoms with E-state index < -0.39 is 12.1 Å². The number of nitrogens with zero attached hydrogens (tertiary/aromatic N) is 2. The van der Waals surface area contributed by atoms with Crippen molar-refractivity contribution < 1.29 is 9.59 Å². The molecule has 4 N–H and O–H groups in total. The van der Waals surface area contributed by atoms with Crippen molar-refractivity contribution in [1.29, 1.82) is 0 Å². The van der Waals surface area contributed by atoms with Crippen molar-refractivity contribution in [2.24, 2.45) is 10.2 Å². The van der Waals surface area contributed by atoms with Gasteiger partial charge in [-0.05, 0) is 31.2 Å². The number of hydrogen-bond acceptors (Lipinski definition) is 4. The van der Waals surface area contributed by atoms with Crippen LogP contribution in [0.4, 0.5) is 21.0 Å². The molecule has 0 bridgehead atoms. The van der Waals surface area contributed by atoms with Crippen LogP contribution in [0.1, 0.15) is 11.1 Å². The summed E-state index contributed by atoms with van der Waals surface area (Å²) in [5.74, 6) is 0. The zero-order valence-electron chi connectivity index (χ0n) is 16.9. The van der Waals surface area contributed by atoms with Gasteiger partial charge < -0.3 is 10.6 Å². The molecular weight excluding hydrogens is 392 g/mol. The third kappa shape index (κ3) is 7.13. The zero-order chi connectivity index (χ0) is 21.9. The van der Waals surface area contributed by atoms with Gasteiger partial charge in [0.15, 0.2) is 0 Å². The van der Waals surface area contributed by atoms with Gasteiger partial charge in [0.1, 0.15) is 5.71 Å². The average Bonchev–Trinajstić information content (AvgIpc) is 2.78. The molecule has 3 rings (SSSR count). The summed E-state index contributed by atoms with van der Waals surface area (Å²) in [4.78, 5) is 24.1. The van der Waals surface area contributed by atoms with E-state index in [2.05, 4.69) is 31.7 Å². The summed E-state index contributed by atoms with van der Waals surface area (Å²) in [6.45, 7) is 1.97. The van der Waals surface area contributed by atoms with Crippen LogP contribution in [0.3, 0.4) is 0 Å². The van der Waals surface area contributed by atoms with Crippen molar-refractivity contribution in [2.75, 3.05) is 10.6 Å². The number of amides is 4. The predicted octanol–water partition coefficient (Wildman–Crippen LogP) is 4.33. The van der Waals surface area contributed by atoms with E-state index in [9.17, 15) is 9.59 Å². The van der Waals surface area contributed by atoms with Gasteiger partial charge in [0.25, 0.3) is 0 Å². The fraction of sp³-hybridized carbons (Fsp3) is 0.0435. The number of aryl methyl sites for hydroxylation is 1. The first-order valence-corrected chi connectivity index (χ1v) is 9.52. The van der Waals surface area contributed by atoms with Crippen molar-refractivity contribution in [3.05, 3.63) is 96.1 Å². The van der Waals surface area contributed by atoms with Crippen LogP contribution in [-0.2, 0) is 0 Å². The number of hydrogen-bond donors (Lipinski definition) is 4. The minimum absolute atomic E-state index is 0.364. The van der Waals surface area contributed by atoms with Gasteiger partial charge >= 0.3 is 12.1 Å². The lowest BCUT2D eigenvalue weighted by Crippen LogP contribution is -2.27. The van der Waals surface area contributed by atoms with E-state index in [0.29, 0.717) is 17.1 Å². The van der Waals surface area contributed by atoms with E-state index in [-0.39, 0.29) is 0 Å². The summed E-state index contributed by atoms with van der Waals surface area (Å²) in [6.07, 6.45) is 1.36. The molecule has 31 heavy (non-hydrogen) atoms. The molecule has 4 amide bonds. The number of benzene rings is 3. The first-order chi connectivity index (χ1) is 15.1. The lowest BCUT2D eigenvalue weighted by molar-refractivity contribution is 0.251. The van der Waals surface area contributed by atoms with E-state index in [1.54, 1.807) is 24.3 Å². The van der Waals surface area contributed by atoms with Gasteiger partial charge in [-0.25, -0.2) is 20.4 Å². The minimum atomic E-state index is -0.501. The molecule has 8 nitrogen and oxygen atoms in total. The first kappa shape index (κ1) is 21.3. The van der Waals surface area contributed by atoms with Crippen LogP contribution in [0, 0.1) is 6.92 Å². The fourth-order valence-corrected chi connectivity index (χ4v) is 2.52. The third-order valence-electron chi connectivity index (χ3n) is 4.04. The largest absolute Gasteiger partial charge is 0.339 e. The van der Waals surface area contributed by atoms with E-state index >= 15 is 0 Å². The SMILES string of the molecule is Cc1ccc(C(/C=N/NC(=O)Nc2ccccc2)=N\NC(=O)Nc2ccccc2)cc1. The van der Waals surface area contributed by atoms with Crippen LogP contribution in [0.5, 0.6) is 0 Å². The number of urea groups is 2. The number of para-hydroxylation sites is 2. The lowest BCUT2D eigenvalue weighted by Gasteiger charge is -2.06. The minimum Gasteiger partial charge on any atom is -0.307 e. The highest BCUT2D eigenvalue weighted by Gasteiger charge is 2.05. The number of rotatable bonds is 6. The van der Waals surface area contributed by atoms with E-state index in [4.69, 9.17) is 0 Å². The Labute approximate surface area is 180 Å². The molecule has 0 aliphatic carbocycles. The lowest BCUT2D eigenvalue weighted by atomic mass is 10.1. The third-order valence-corrected chi connectivity index (χ3v) is 4.04. The Kier molecular flexibility index (Phi) is 7.48. The molecule has 0 aromatic heterocycles. The standard InChI is InChI=1S/C23H22N6O2/c1-17-12-14-18(15-13-17)21(27-29-23(31)26-20-10-6-3-7-11-20)16-24-28-22(30)25-19-8-4-2-5-9-19/h2-16H,1H3,(H2,25,28,30)(H2,26,29,31)/b24-16+,27-21-. The van der Waals surface area contributed by atoms with E-state index in [0.717, 1.165) is 11.1 Å². The topological polar surface area (TPSA) is 107 Å². The van der Waals surface area contributed by atoms with Gasteiger partial charge in [0, 0.05) is 16.9 Å². The van der Waals surface area contributed by atoms with Crippen LogP contribution in [-0.4, -0.2) is 24.0 Å². The Morgan fingerprint density at radius 1 is 0.710 bits per heavy atom. The molecule has 0 atom stereocenters. The Bertz CT molecular complexity index is 1060. The summed E-state index contributed by atoms with van der Waals surface area (Å²) in [6, 6.07) is 24.5. The van der Waals surface area contributed by atoms with E-state index in [1.807, 2.05) is 67.6 Å². The normalized spacial score (nSPS) is 11.1. The second-order valence-corrected chi connectivity index (χ2v) is 6.49. The van der Waals surface area contributed by atoms with Gasteiger partial charge in [-0.2, -0.15) is 10.2 Å². The highest BCUT2D eigenvalue weighted by molar-refractivity contribution is 6.38. The summed E-state index contributed by atoms with van der Waals surface area (Å²) < 4.78 is 0. The van der Waals surface area contributed by atoms with Gasteiger partial charge in [-0.1, -0.05) is 66.2 Å². The number of carbonyl (C=O) groups is 2. The fourth-order valence-electron chi connectivity index (χ4n) is 2.52. The summed E-state index contributed by atoms with van der Waals surface area (Å²) >= 11 is 0. The van der Waals surface area contributed by atoms with Gasteiger partial charge in [0.05, 0.1) is 6.21 Å². The maximum absolute atomic E-state index is 12.1. The number of carbonyl (C=O) groups excluding carboxylic acids is 2. The predicted molar refractivity (Wildman–Crippen MR) is 123 cm³/mol. The van der Waals surface area contributed by atoms with Crippen LogP contribution in [0.2, 0.25) is 0 Å².